The molecule has 1 N–H and O–H groups in total. The van der Waals surface area contributed by atoms with Gasteiger partial charge in [0.05, 0.1) is 12.5 Å². The number of carboxylic acids is 1. The number of rotatable bonds is 3. The highest BCUT2D eigenvalue weighted by atomic mass is 19.1. The van der Waals surface area contributed by atoms with Gasteiger partial charge in [0.2, 0.25) is 17.5 Å². The van der Waals surface area contributed by atoms with Crippen molar-refractivity contribution in [2.75, 3.05) is 24.5 Å². The number of aryl methyl sites for hydroxylation is 1. The first-order chi connectivity index (χ1) is 11.3. The predicted octanol–water partition coefficient (Wildman–Crippen LogP) is 1.37. The maximum atomic E-state index is 14.1. The summed E-state index contributed by atoms with van der Waals surface area (Å²) in [6, 6.07) is 7.44. The first-order valence-electron chi connectivity index (χ1n) is 7.88. The van der Waals surface area contributed by atoms with E-state index in [0.717, 1.165) is 11.3 Å². The number of likely N-dealkylation sites (tertiary alicyclic amines) is 1. The van der Waals surface area contributed by atoms with Crippen molar-refractivity contribution in [1.82, 2.24) is 4.90 Å². The van der Waals surface area contributed by atoms with Gasteiger partial charge in [0.1, 0.15) is 0 Å². The minimum Gasteiger partial charge on any atom is -0.479 e. The second kappa shape index (κ2) is 5.89. The van der Waals surface area contributed by atoms with Gasteiger partial charge in [-0.2, -0.15) is 0 Å². The van der Waals surface area contributed by atoms with Crippen molar-refractivity contribution in [2.45, 2.75) is 25.4 Å². The van der Waals surface area contributed by atoms with Gasteiger partial charge < -0.3 is 14.9 Å². The van der Waals surface area contributed by atoms with Crippen LogP contribution >= 0.6 is 0 Å². The summed E-state index contributed by atoms with van der Waals surface area (Å²) in [6.45, 7) is 1.80. The Labute approximate surface area is 138 Å². The Bertz CT molecular complexity index is 690. The fourth-order valence-electron chi connectivity index (χ4n) is 3.24. The number of halogens is 1. The Morgan fingerprint density at radius 2 is 1.96 bits per heavy atom. The van der Waals surface area contributed by atoms with E-state index in [0.29, 0.717) is 0 Å². The van der Waals surface area contributed by atoms with Crippen molar-refractivity contribution in [3.05, 3.63) is 29.8 Å². The summed E-state index contributed by atoms with van der Waals surface area (Å²) in [7, 11) is 0. The van der Waals surface area contributed by atoms with Gasteiger partial charge in [0.25, 0.3) is 0 Å². The largest absolute Gasteiger partial charge is 0.479 e. The number of alkyl halides is 1. The van der Waals surface area contributed by atoms with Crippen molar-refractivity contribution in [1.29, 1.82) is 0 Å². The van der Waals surface area contributed by atoms with E-state index in [-0.39, 0.29) is 37.7 Å². The average Bonchev–Trinajstić information content (AvgIpc) is 3.12. The first kappa shape index (κ1) is 16.4. The molecule has 2 unspecified atom stereocenters. The lowest BCUT2D eigenvalue weighted by atomic mass is 10.1. The Morgan fingerprint density at radius 3 is 2.54 bits per heavy atom. The van der Waals surface area contributed by atoms with Gasteiger partial charge in [-0.3, -0.25) is 9.59 Å². The molecule has 2 aliphatic heterocycles. The molecule has 2 saturated heterocycles. The lowest BCUT2D eigenvalue weighted by Crippen LogP contribution is -2.41. The van der Waals surface area contributed by atoms with E-state index in [1.54, 1.807) is 4.90 Å². The van der Waals surface area contributed by atoms with E-state index in [1.165, 1.54) is 4.90 Å². The number of carboxylic acid groups (broad SMARTS) is 1. The molecule has 24 heavy (non-hydrogen) atoms. The molecule has 1 aromatic rings. The van der Waals surface area contributed by atoms with Gasteiger partial charge in [-0.25, -0.2) is 9.18 Å². The van der Waals surface area contributed by atoms with E-state index in [4.69, 9.17) is 5.11 Å². The third-order valence-electron chi connectivity index (χ3n) is 4.73. The Hall–Kier alpha value is -2.44. The summed E-state index contributed by atoms with van der Waals surface area (Å²) < 4.78 is 14.1. The molecule has 0 saturated carbocycles. The summed E-state index contributed by atoms with van der Waals surface area (Å²) in [6.07, 6.45) is -0.147. The fraction of sp³-hybridized carbons (Fsp3) is 0.471. The minimum atomic E-state index is -2.38. The van der Waals surface area contributed by atoms with Crippen LogP contribution < -0.4 is 4.90 Å². The quantitative estimate of drug-likeness (QED) is 0.906. The number of hydrogen-bond donors (Lipinski definition) is 1. The van der Waals surface area contributed by atoms with Crippen LogP contribution in [0.1, 0.15) is 18.4 Å². The number of carbonyl (C=O) groups is 3. The van der Waals surface area contributed by atoms with Gasteiger partial charge in [0, 0.05) is 31.6 Å². The lowest BCUT2D eigenvalue weighted by Gasteiger charge is -2.21. The molecule has 2 atom stereocenters. The normalized spacial score (nSPS) is 26.9. The van der Waals surface area contributed by atoms with Crippen LogP contribution in [-0.2, 0) is 14.4 Å². The molecule has 0 bridgehead atoms. The first-order valence-corrected chi connectivity index (χ1v) is 7.88. The molecule has 2 aliphatic rings. The van der Waals surface area contributed by atoms with E-state index < -0.39 is 24.1 Å². The third-order valence-corrected chi connectivity index (χ3v) is 4.73. The number of benzene rings is 1. The van der Waals surface area contributed by atoms with E-state index in [1.807, 2.05) is 31.2 Å². The molecule has 1 aromatic carbocycles. The van der Waals surface area contributed by atoms with Crippen LogP contribution in [-0.4, -0.2) is 53.1 Å². The second-order valence-corrected chi connectivity index (χ2v) is 6.52. The summed E-state index contributed by atoms with van der Waals surface area (Å²) in [5.74, 6) is -2.60. The highest BCUT2D eigenvalue weighted by Gasteiger charge is 2.48. The molecule has 0 aromatic heterocycles. The van der Waals surface area contributed by atoms with Crippen LogP contribution in [0.3, 0.4) is 0 Å². The van der Waals surface area contributed by atoms with Crippen LogP contribution in [0, 0.1) is 12.8 Å². The van der Waals surface area contributed by atoms with Crippen molar-refractivity contribution < 1.29 is 23.9 Å². The predicted molar refractivity (Wildman–Crippen MR) is 84.3 cm³/mol. The molecule has 7 heteroatoms. The fourth-order valence-corrected chi connectivity index (χ4v) is 3.24. The number of carbonyl (C=O) groups excluding carboxylic acids is 2. The van der Waals surface area contributed by atoms with E-state index in [9.17, 15) is 18.8 Å². The Balaban J connectivity index is 1.69. The maximum Gasteiger partial charge on any atom is 0.343 e. The van der Waals surface area contributed by atoms with Gasteiger partial charge in [-0.1, -0.05) is 17.7 Å². The lowest BCUT2D eigenvalue weighted by molar-refractivity contribution is -0.150. The zero-order valence-electron chi connectivity index (χ0n) is 13.4. The van der Waals surface area contributed by atoms with Crippen LogP contribution in [0.25, 0.3) is 0 Å². The summed E-state index contributed by atoms with van der Waals surface area (Å²) in [5, 5.41) is 8.92. The SMILES string of the molecule is Cc1ccc(N2CC(C(=O)N3CCC(F)(C(=O)O)C3)CC2=O)cc1. The number of aliphatic carboxylic acids is 1. The summed E-state index contributed by atoms with van der Waals surface area (Å²) in [5.41, 5.74) is -0.578. The molecule has 2 heterocycles. The van der Waals surface area contributed by atoms with Gasteiger partial charge in [-0.15, -0.1) is 0 Å². The molecule has 2 amide bonds. The Kier molecular flexibility index (Phi) is 4.03. The van der Waals surface area contributed by atoms with Crippen molar-refractivity contribution >= 4 is 23.5 Å². The minimum absolute atomic E-state index is 0.0650. The van der Waals surface area contributed by atoms with Crippen LogP contribution in [0.4, 0.5) is 10.1 Å². The monoisotopic (exact) mass is 334 g/mol. The number of anilines is 1. The zero-order chi connectivity index (χ0) is 17.5. The van der Waals surface area contributed by atoms with E-state index in [2.05, 4.69) is 0 Å². The van der Waals surface area contributed by atoms with Gasteiger partial charge in [0.15, 0.2) is 0 Å². The molecular formula is C17H19FN2O4. The second-order valence-electron chi connectivity index (χ2n) is 6.52. The third kappa shape index (κ3) is 2.86. The van der Waals surface area contributed by atoms with Gasteiger partial charge in [-0.05, 0) is 19.1 Å². The molecule has 128 valence electrons. The van der Waals surface area contributed by atoms with E-state index >= 15 is 0 Å². The highest BCUT2D eigenvalue weighted by Crippen LogP contribution is 2.31. The smallest absolute Gasteiger partial charge is 0.343 e. The molecule has 0 radical (unpaired) electrons. The maximum absolute atomic E-state index is 14.1. The zero-order valence-corrected chi connectivity index (χ0v) is 13.4. The van der Waals surface area contributed by atoms with Crippen LogP contribution in [0.2, 0.25) is 0 Å². The van der Waals surface area contributed by atoms with Gasteiger partial charge >= 0.3 is 5.97 Å². The molecule has 0 spiro atoms. The average molecular weight is 334 g/mol. The highest BCUT2D eigenvalue weighted by molar-refractivity contribution is 6.00. The van der Waals surface area contributed by atoms with Crippen LogP contribution in [0.5, 0.6) is 0 Å². The summed E-state index contributed by atoms with van der Waals surface area (Å²) >= 11 is 0. The summed E-state index contributed by atoms with van der Waals surface area (Å²) in [4.78, 5) is 38.5. The topological polar surface area (TPSA) is 77.9 Å². The molecular weight excluding hydrogens is 315 g/mol. The standard InChI is InChI=1S/C17H19FN2O4/c1-11-2-4-13(5-3-11)20-9-12(8-14(20)21)15(22)19-7-6-17(18,10-19)16(23)24/h2-5,12H,6-10H2,1H3,(H,23,24). The molecule has 2 fully saturated rings. The number of amides is 2. The van der Waals surface area contributed by atoms with Crippen molar-refractivity contribution in [3.8, 4) is 0 Å². The molecule has 0 aliphatic carbocycles. The van der Waals surface area contributed by atoms with Crippen molar-refractivity contribution in [2.24, 2.45) is 5.92 Å². The van der Waals surface area contributed by atoms with Crippen LogP contribution in [0.15, 0.2) is 24.3 Å². The molecule has 6 nitrogen and oxygen atoms in total. The Morgan fingerprint density at radius 1 is 1.29 bits per heavy atom. The number of hydrogen-bond acceptors (Lipinski definition) is 3. The van der Waals surface area contributed by atoms with Crippen molar-refractivity contribution in [3.63, 3.8) is 0 Å². The molecule has 3 rings (SSSR count). The number of nitrogens with zero attached hydrogens (tertiary/aromatic N) is 2.